The van der Waals surface area contributed by atoms with Gasteiger partial charge in [0.15, 0.2) is 0 Å². The topological polar surface area (TPSA) is 90.5 Å². The summed E-state index contributed by atoms with van der Waals surface area (Å²) in [5.74, 6) is 0.234. The molecule has 1 heterocycles. The van der Waals surface area contributed by atoms with E-state index in [1.165, 1.54) is 24.2 Å². The summed E-state index contributed by atoms with van der Waals surface area (Å²) in [5.41, 5.74) is 0.479. The molecule has 4 N–H and O–H groups in total. The Balaban J connectivity index is 1.43. The molecule has 35 heavy (non-hydrogen) atoms. The number of halogens is 1. The number of hydrogen-bond donors (Lipinski definition) is 4. The van der Waals surface area contributed by atoms with Crippen LogP contribution in [0.5, 0.6) is 0 Å². The van der Waals surface area contributed by atoms with Gasteiger partial charge >= 0.3 is 0 Å². The van der Waals surface area contributed by atoms with Crippen LogP contribution in [0.4, 0.5) is 5.69 Å². The summed E-state index contributed by atoms with van der Waals surface area (Å²) in [5, 5.41) is 20.6. The third-order valence-corrected chi connectivity index (χ3v) is 8.38. The molecule has 1 aromatic carbocycles. The molecule has 0 spiro atoms. The summed E-state index contributed by atoms with van der Waals surface area (Å²) in [6.07, 6.45) is 7.42. The summed E-state index contributed by atoms with van der Waals surface area (Å²) in [6.45, 7) is 5.48. The molecule has 0 saturated heterocycles. The number of thiophene rings is 1. The van der Waals surface area contributed by atoms with E-state index in [-0.39, 0.29) is 23.9 Å². The lowest BCUT2D eigenvalue weighted by Crippen LogP contribution is -2.48. The Morgan fingerprint density at radius 2 is 1.86 bits per heavy atom. The van der Waals surface area contributed by atoms with Gasteiger partial charge in [0.05, 0.1) is 16.5 Å². The number of benzene rings is 1. The Morgan fingerprint density at radius 1 is 1.14 bits per heavy atom. The quantitative estimate of drug-likeness (QED) is 0.322. The van der Waals surface area contributed by atoms with Crippen LogP contribution in [0, 0.1) is 5.92 Å². The third-order valence-electron chi connectivity index (χ3n) is 6.88. The first kappa shape index (κ1) is 26.0. The van der Waals surface area contributed by atoms with Crippen molar-refractivity contribution in [2.45, 2.75) is 89.4 Å². The third kappa shape index (κ3) is 6.99. The number of hydrogen-bond acceptors (Lipinski definition) is 5. The van der Waals surface area contributed by atoms with Gasteiger partial charge in [0.2, 0.25) is 5.91 Å². The van der Waals surface area contributed by atoms with Gasteiger partial charge in [-0.1, -0.05) is 43.4 Å². The van der Waals surface area contributed by atoms with Gasteiger partial charge < -0.3 is 21.1 Å². The molecule has 2 amide bonds. The van der Waals surface area contributed by atoms with Gasteiger partial charge in [0.25, 0.3) is 5.91 Å². The maximum absolute atomic E-state index is 13.1. The van der Waals surface area contributed by atoms with Crippen molar-refractivity contribution in [3.05, 3.63) is 50.7 Å². The van der Waals surface area contributed by atoms with Gasteiger partial charge in [0.1, 0.15) is 6.04 Å². The summed E-state index contributed by atoms with van der Waals surface area (Å²) >= 11 is 7.61. The lowest BCUT2D eigenvalue weighted by molar-refractivity contribution is -0.123. The van der Waals surface area contributed by atoms with Crippen LogP contribution in [0.15, 0.2) is 30.3 Å². The van der Waals surface area contributed by atoms with Crippen LogP contribution in [-0.4, -0.2) is 29.0 Å². The van der Waals surface area contributed by atoms with E-state index in [1.807, 2.05) is 25.1 Å². The zero-order valence-corrected chi connectivity index (χ0v) is 22.3. The van der Waals surface area contributed by atoms with Crippen molar-refractivity contribution >= 4 is 40.4 Å². The molecule has 0 aliphatic heterocycles. The van der Waals surface area contributed by atoms with Crippen molar-refractivity contribution < 1.29 is 14.7 Å². The molecule has 2 aliphatic rings. The molecule has 1 aromatic heterocycles. The van der Waals surface area contributed by atoms with Crippen molar-refractivity contribution in [1.29, 1.82) is 0 Å². The largest absolute Gasteiger partial charge is 0.386 e. The standard InChI is InChI=1S/C27H36ClN3O3S/c1-16(29-21-15-18(28)8-11-20(21)27(2,3)34)23-12-13-24(35-23)26(33)31-22(14-17-6-4-5-7-17)25(32)30-19-9-10-19/h8,11-13,15-17,19,22,29,34H,4-7,9-10,14H2,1-3H3,(H,30,32)(H,31,33)/t16?,22-/m0/s1. The minimum Gasteiger partial charge on any atom is -0.386 e. The summed E-state index contributed by atoms with van der Waals surface area (Å²) in [4.78, 5) is 27.5. The lowest BCUT2D eigenvalue weighted by atomic mass is 9.96. The predicted molar refractivity (Wildman–Crippen MR) is 142 cm³/mol. The van der Waals surface area contributed by atoms with E-state index < -0.39 is 11.6 Å². The Labute approximate surface area is 216 Å². The smallest absolute Gasteiger partial charge is 0.262 e. The molecule has 190 valence electrons. The zero-order chi connectivity index (χ0) is 25.2. The Bertz CT molecular complexity index is 1050. The SMILES string of the molecule is CC(Nc1cc(Cl)ccc1C(C)(C)O)c1ccc(C(=O)N[C@@H](CC2CCCC2)C(=O)NC2CC2)s1. The molecule has 2 aromatic rings. The number of anilines is 1. The van der Waals surface area contributed by atoms with Gasteiger partial charge in [-0.3, -0.25) is 9.59 Å². The maximum Gasteiger partial charge on any atom is 0.262 e. The Hall–Kier alpha value is -2.09. The molecular formula is C27H36ClN3O3S. The molecule has 4 rings (SSSR count). The molecule has 0 bridgehead atoms. The van der Waals surface area contributed by atoms with Crippen LogP contribution in [0.1, 0.15) is 91.9 Å². The predicted octanol–water partition coefficient (Wildman–Crippen LogP) is 5.76. The van der Waals surface area contributed by atoms with E-state index in [2.05, 4.69) is 16.0 Å². The van der Waals surface area contributed by atoms with Crippen LogP contribution in [0.25, 0.3) is 0 Å². The Morgan fingerprint density at radius 3 is 2.51 bits per heavy atom. The van der Waals surface area contributed by atoms with Crippen LogP contribution < -0.4 is 16.0 Å². The van der Waals surface area contributed by atoms with Crippen LogP contribution in [0.3, 0.4) is 0 Å². The number of amides is 2. The van der Waals surface area contributed by atoms with Crippen molar-refractivity contribution in [3.63, 3.8) is 0 Å². The highest BCUT2D eigenvalue weighted by molar-refractivity contribution is 7.14. The second-order valence-corrected chi connectivity index (χ2v) is 12.1. The fraction of sp³-hybridized carbons (Fsp3) is 0.556. The Kier molecular flexibility index (Phi) is 8.09. The number of nitrogens with one attached hydrogen (secondary N) is 3. The normalized spacial score (nSPS) is 18.2. The highest BCUT2D eigenvalue weighted by Gasteiger charge is 2.31. The van der Waals surface area contributed by atoms with Crippen LogP contribution in [0.2, 0.25) is 5.02 Å². The summed E-state index contributed by atoms with van der Waals surface area (Å²) in [6, 6.07) is 8.81. The zero-order valence-electron chi connectivity index (χ0n) is 20.7. The van der Waals surface area contributed by atoms with E-state index in [9.17, 15) is 14.7 Å². The minimum absolute atomic E-state index is 0.0559. The average molecular weight is 518 g/mol. The fourth-order valence-corrected chi connectivity index (χ4v) is 5.84. The second-order valence-electron chi connectivity index (χ2n) is 10.5. The van der Waals surface area contributed by atoms with E-state index in [4.69, 9.17) is 11.6 Å². The molecule has 1 unspecified atom stereocenters. The first-order valence-electron chi connectivity index (χ1n) is 12.6. The number of carbonyl (C=O) groups is 2. The van der Waals surface area contributed by atoms with Crippen molar-refractivity contribution in [1.82, 2.24) is 10.6 Å². The van der Waals surface area contributed by atoms with Crippen LogP contribution in [-0.2, 0) is 10.4 Å². The fourth-order valence-electron chi connectivity index (χ4n) is 4.75. The second kappa shape index (κ2) is 10.9. The first-order valence-corrected chi connectivity index (χ1v) is 13.8. The highest BCUT2D eigenvalue weighted by atomic mass is 35.5. The van der Waals surface area contributed by atoms with Gasteiger partial charge in [-0.25, -0.2) is 0 Å². The number of carbonyl (C=O) groups excluding carboxylic acids is 2. The lowest BCUT2D eigenvalue weighted by Gasteiger charge is -2.24. The number of rotatable bonds is 10. The molecule has 8 heteroatoms. The number of aliphatic hydroxyl groups is 1. The monoisotopic (exact) mass is 517 g/mol. The van der Waals surface area contributed by atoms with E-state index in [0.29, 0.717) is 22.2 Å². The van der Waals surface area contributed by atoms with E-state index >= 15 is 0 Å². The van der Waals surface area contributed by atoms with Gasteiger partial charge in [-0.05, 0) is 70.2 Å². The van der Waals surface area contributed by atoms with Crippen molar-refractivity contribution in [2.24, 2.45) is 5.92 Å². The van der Waals surface area contributed by atoms with E-state index in [0.717, 1.165) is 41.8 Å². The van der Waals surface area contributed by atoms with E-state index in [1.54, 1.807) is 26.0 Å². The molecule has 0 radical (unpaired) electrons. The van der Waals surface area contributed by atoms with Crippen LogP contribution >= 0.6 is 22.9 Å². The maximum atomic E-state index is 13.1. The average Bonchev–Trinajstić information content (AvgIpc) is 3.24. The molecule has 2 fully saturated rings. The van der Waals surface area contributed by atoms with Crippen molar-refractivity contribution in [2.75, 3.05) is 5.32 Å². The molecular weight excluding hydrogens is 482 g/mol. The molecule has 2 saturated carbocycles. The molecule has 2 aliphatic carbocycles. The minimum atomic E-state index is -1.03. The van der Waals surface area contributed by atoms with Gasteiger partial charge in [-0.15, -0.1) is 11.3 Å². The highest BCUT2D eigenvalue weighted by Crippen LogP contribution is 2.34. The summed E-state index contributed by atoms with van der Waals surface area (Å²) in [7, 11) is 0. The molecule has 6 nitrogen and oxygen atoms in total. The van der Waals surface area contributed by atoms with Gasteiger partial charge in [0, 0.05) is 27.2 Å². The first-order chi connectivity index (χ1) is 16.6. The van der Waals surface area contributed by atoms with Crippen molar-refractivity contribution in [3.8, 4) is 0 Å². The van der Waals surface area contributed by atoms with Gasteiger partial charge in [-0.2, -0.15) is 0 Å². The molecule has 2 atom stereocenters. The summed E-state index contributed by atoms with van der Waals surface area (Å²) < 4.78 is 0.